The average Bonchev–Trinajstić information content (AvgIpc) is 2.54. The van der Waals surface area contributed by atoms with Gasteiger partial charge in [-0.25, -0.2) is 17.5 Å². The van der Waals surface area contributed by atoms with Gasteiger partial charge >= 0.3 is 0 Å². The molecule has 0 heterocycles. The van der Waals surface area contributed by atoms with Crippen LogP contribution in [-0.2, 0) is 10.0 Å². The van der Waals surface area contributed by atoms with Crippen molar-refractivity contribution in [2.24, 2.45) is 5.73 Å². The molecule has 2 rings (SSSR count). The molecule has 112 valence electrons. The number of hydrogen-bond acceptors (Lipinski definition) is 3. The van der Waals surface area contributed by atoms with Crippen LogP contribution in [0.15, 0.2) is 60.7 Å². The molecule has 3 N–H and O–H groups in total. The molecule has 0 saturated heterocycles. The SMILES string of the molecule is NC(c1ccccc1)C(NS(=O)(=O)CF)c1ccccc1. The molecular formula is C15H17FN2O2S. The Morgan fingerprint density at radius 3 is 1.90 bits per heavy atom. The number of nitrogens with one attached hydrogen (secondary N) is 1. The summed E-state index contributed by atoms with van der Waals surface area (Å²) in [6.45, 7) is 0. The van der Waals surface area contributed by atoms with Crippen molar-refractivity contribution >= 4 is 10.0 Å². The highest BCUT2D eigenvalue weighted by molar-refractivity contribution is 7.89. The maximum absolute atomic E-state index is 12.6. The molecular weight excluding hydrogens is 291 g/mol. The van der Waals surface area contributed by atoms with Gasteiger partial charge in [-0.2, -0.15) is 0 Å². The third kappa shape index (κ3) is 4.10. The lowest BCUT2D eigenvalue weighted by atomic mass is 9.95. The number of hydrogen-bond donors (Lipinski definition) is 2. The van der Waals surface area contributed by atoms with E-state index in [1.807, 2.05) is 36.4 Å². The highest BCUT2D eigenvalue weighted by atomic mass is 32.2. The zero-order valence-electron chi connectivity index (χ0n) is 11.3. The summed E-state index contributed by atoms with van der Waals surface area (Å²) in [5, 5.41) is 0. The van der Waals surface area contributed by atoms with Crippen molar-refractivity contribution in [3.05, 3.63) is 71.8 Å². The second kappa shape index (κ2) is 6.80. The van der Waals surface area contributed by atoms with Gasteiger partial charge in [-0.15, -0.1) is 0 Å². The summed E-state index contributed by atoms with van der Waals surface area (Å²) >= 11 is 0. The molecule has 0 radical (unpaired) electrons. The molecule has 21 heavy (non-hydrogen) atoms. The first kappa shape index (κ1) is 15.6. The van der Waals surface area contributed by atoms with E-state index in [1.54, 1.807) is 24.3 Å². The van der Waals surface area contributed by atoms with E-state index in [0.717, 1.165) is 5.56 Å². The normalized spacial score (nSPS) is 14.6. The zero-order chi connectivity index (χ0) is 15.3. The van der Waals surface area contributed by atoms with Crippen LogP contribution < -0.4 is 10.5 Å². The first-order valence-corrected chi connectivity index (χ1v) is 8.10. The van der Waals surface area contributed by atoms with Gasteiger partial charge in [0.15, 0.2) is 0 Å². The van der Waals surface area contributed by atoms with Crippen molar-refractivity contribution in [2.75, 3.05) is 6.01 Å². The Morgan fingerprint density at radius 2 is 1.43 bits per heavy atom. The van der Waals surface area contributed by atoms with Crippen molar-refractivity contribution in [3.63, 3.8) is 0 Å². The minimum Gasteiger partial charge on any atom is -0.322 e. The summed E-state index contributed by atoms with van der Waals surface area (Å²) in [6.07, 6.45) is 0. The fourth-order valence-corrected chi connectivity index (χ4v) is 2.83. The van der Waals surface area contributed by atoms with Crippen molar-refractivity contribution in [2.45, 2.75) is 12.1 Å². The van der Waals surface area contributed by atoms with Crippen LogP contribution in [0.4, 0.5) is 4.39 Å². The van der Waals surface area contributed by atoms with Crippen molar-refractivity contribution in [3.8, 4) is 0 Å². The second-order valence-electron chi connectivity index (χ2n) is 4.67. The summed E-state index contributed by atoms with van der Waals surface area (Å²) in [6, 6.07) is 15.2. The van der Waals surface area contributed by atoms with Crippen LogP contribution in [0, 0.1) is 0 Å². The van der Waals surface area contributed by atoms with Gasteiger partial charge in [-0.05, 0) is 11.1 Å². The molecule has 0 aromatic heterocycles. The average molecular weight is 308 g/mol. The maximum atomic E-state index is 12.6. The Bertz CT molecular complexity index is 663. The lowest BCUT2D eigenvalue weighted by Gasteiger charge is -2.25. The highest BCUT2D eigenvalue weighted by Gasteiger charge is 2.26. The molecule has 2 aromatic rings. The predicted molar refractivity (Wildman–Crippen MR) is 80.6 cm³/mol. The summed E-state index contributed by atoms with van der Waals surface area (Å²) in [5.41, 5.74) is 7.64. The Hall–Kier alpha value is -1.76. The molecule has 6 heteroatoms. The summed E-state index contributed by atoms with van der Waals surface area (Å²) in [5.74, 6) is 0. The van der Waals surface area contributed by atoms with E-state index in [-0.39, 0.29) is 0 Å². The Labute approximate surface area is 123 Å². The molecule has 4 nitrogen and oxygen atoms in total. The number of halogens is 1. The van der Waals surface area contributed by atoms with Crippen LogP contribution in [0.5, 0.6) is 0 Å². The minimum atomic E-state index is -4.02. The van der Waals surface area contributed by atoms with E-state index < -0.39 is 28.1 Å². The number of alkyl halides is 1. The van der Waals surface area contributed by atoms with Crippen LogP contribution in [0.1, 0.15) is 23.2 Å². The topological polar surface area (TPSA) is 72.2 Å². The molecule has 2 unspecified atom stereocenters. The monoisotopic (exact) mass is 308 g/mol. The Kier molecular flexibility index (Phi) is 5.06. The van der Waals surface area contributed by atoms with E-state index >= 15 is 0 Å². The van der Waals surface area contributed by atoms with Gasteiger partial charge in [0.25, 0.3) is 0 Å². The van der Waals surface area contributed by atoms with Crippen LogP contribution in [0.25, 0.3) is 0 Å². The van der Waals surface area contributed by atoms with E-state index in [9.17, 15) is 12.8 Å². The van der Waals surface area contributed by atoms with Crippen LogP contribution in [-0.4, -0.2) is 14.4 Å². The minimum absolute atomic E-state index is 0.616. The van der Waals surface area contributed by atoms with E-state index in [0.29, 0.717) is 5.56 Å². The van der Waals surface area contributed by atoms with E-state index in [1.165, 1.54) is 0 Å². The van der Waals surface area contributed by atoms with Crippen LogP contribution in [0.3, 0.4) is 0 Å². The van der Waals surface area contributed by atoms with E-state index in [4.69, 9.17) is 5.73 Å². The lowest BCUT2D eigenvalue weighted by Crippen LogP contribution is -2.36. The van der Waals surface area contributed by atoms with Gasteiger partial charge in [0.2, 0.25) is 16.0 Å². The third-order valence-corrected chi connectivity index (χ3v) is 4.05. The standard InChI is InChI=1S/C15H17FN2O2S/c16-11-21(19,20)18-15(13-9-5-2-6-10-13)14(17)12-7-3-1-4-8-12/h1-10,14-15,18H,11,17H2. The summed E-state index contributed by atoms with van der Waals surface area (Å²) < 4.78 is 38.1. The highest BCUT2D eigenvalue weighted by Crippen LogP contribution is 2.27. The molecule has 2 atom stereocenters. The molecule has 2 aromatic carbocycles. The van der Waals surface area contributed by atoms with Gasteiger partial charge in [0.05, 0.1) is 12.1 Å². The fourth-order valence-electron chi connectivity index (χ4n) is 2.10. The fraction of sp³-hybridized carbons (Fsp3) is 0.200. The van der Waals surface area contributed by atoms with Gasteiger partial charge in [-0.3, -0.25) is 0 Å². The third-order valence-electron chi connectivity index (χ3n) is 3.15. The smallest absolute Gasteiger partial charge is 0.241 e. The number of sulfonamides is 1. The first-order chi connectivity index (χ1) is 10.0. The van der Waals surface area contributed by atoms with E-state index in [2.05, 4.69) is 4.72 Å². The number of nitrogens with two attached hydrogens (primary N) is 1. The van der Waals surface area contributed by atoms with Gasteiger partial charge in [0.1, 0.15) is 0 Å². The van der Waals surface area contributed by atoms with Crippen LogP contribution >= 0.6 is 0 Å². The molecule has 0 bridgehead atoms. The summed E-state index contributed by atoms with van der Waals surface area (Å²) in [4.78, 5) is 0. The summed E-state index contributed by atoms with van der Waals surface area (Å²) in [7, 11) is -4.02. The molecule has 0 aliphatic carbocycles. The molecule has 0 amide bonds. The molecule has 0 spiro atoms. The number of rotatable bonds is 6. The lowest BCUT2D eigenvalue weighted by molar-refractivity contribution is 0.481. The molecule has 0 saturated carbocycles. The van der Waals surface area contributed by atoms with Crippen molar-refractivity contribution in [1.82, 2.24) is 4.72 Å². The maximum Gasteiger partial charge on any atom is 0.241 e. The quantitative estimate of drug-likeness (QED) is 0.860. The predicted octanol–water partition coefficient (Wildman–Crippen LogP) is 2.27. The molecule has 0 aliphatic rings. The van der Waals surface area contributed by atoms with Gasteiger partial charge < -0.3 is 5.73 Å². The molecule has 0 fully saturated rings. The van der Waals surface area contributed by atoms with Crippen LogP contribution in [0.2, 0.25) is 0 Å². The van der Waals surface area contributed by atoms with Gasteiger partial charge in [-0.1, -0.05) is 60.7 Å². The Balaban J connectivity index is 2.37. The molecule has 0 aliphatic heterocycles. The Morgan fingerprint density at radius 1 is 0.952 bits per heavy atom. The largest absolute Gasteiger partial charge is 0.322 e. The number of benzene rings is 2. The van der Waals surface area contributed by atoms with Crippen molar-refractivity contribution in [1.29, 1.82) is 0 Å². The first-order valence-electron chi connectivity index (χ1n) is 6.45. The van der Waals surface area contributed by atoms with Gasteiger partial charge in [0, 0.05) is 0 Å². The zero-order valence-corrected chi connectivity index (χ0v) is 12.1. The second-order valence-corrected chi connectivity index (χ2v) is 6.35. The van der Waals surface area contributed by atoms with Crippen molar-refractivity contribution < 1.29 is 12.8 Å².